The Morgan fingerprint density at radius 1 is 1.11 bits per heavy atom. The van der Waals surface area contributed by atoms with Gasteiger partial charge in [0.1, 0.15) is 5.82 Å². The summed E-state index contributed by atoms with van der Waals surface area (Å²) in [6, 6.07) is 16.4. The average Bonchev–Trinajstić information content (AvgIpc) is 3.21. The van der Waals surface area contributed by atoms with Crippen molar-refractivity contribution in [3.63, 3.8) is 0 Å². The first-order chi connectivity index (χ1) is 13.5. The molecule has 0 fully saturated rings. The van der Waals surface area contributed by atoms with E-state index in [0.29, 0.717) is 34.5 Å². The van der Waals surface area contributed by atoms with Crippen LogP contribution in [-0.2, 0) is 6.54 Å². The standard InChI is InChI=1S/C22H19N3O2S/c1-15-23-20-6-4-3-5-19(20)22(27)25(15)18-9-7-17(8-10-18)21(26)24(2)13-16-11-12-28-14-16/h3-12,14H,13H2,1-2H3. The largest absolute Gasteiger partial charge is 0.337 e. The Morgan fingerprint density at radius 3 is 2.57 bits per heavy atom. The zero-order chi connectivity index (χ0) is 19.7. The number of hydrogen-bond donors (Lipinski definition) is 0. The van der Waals surface area contributed by atoms with Crippen molar-refractivity contribution in [2.24, 2.45) is 0 Å². The van der Waals surface area contributed by atoms with Crippen molar-refractivity contribution in [2.75, 3.05) is 7.05 Å². The van der Waals surface area contributed by atoms with Gasteiger partial charge in [0, 0.05) is 19.2 Å². The molecule has 4 rings (SSSR count). The van der Waals surface area contributed by atoms with E-state index in [1.54, 1.807) is 58.2 Å². The lowest BCUT2D eigenvalue weighted by Crippen LogP contribution is -2.26. The fourth-order valence-electron chi connectivity index (χ4n) is 3.25. The number of carbonyl (C=O) groups excluding carboxylic acids is 1. The van der Waals surface area contributed by atoms with Gasteiger partial charge < -0.3 is 4.90 Å². The normalized spacial score (nSPS) is 10.9. The van der Waals surface area contributed by atoms with Crippen molar-refractivity contribution in [3.05, 3.63) is 92.7 Å². The third kappa shape index (κ3) is 3.34. The van der Waals surface area contributed by atoms with Crippen LogP contribution in [-0.4, -0.2) is 27.4 Å². The Hall–Kier alpha value is -3.25. The second-order valence-electron chi connectivity index (χ2n) is 6.66. The molecule has 4 aromatic rings. The topological polar surface area (TPSA) is 55.2 Å². The predicted molar refractivity (Wildman–Crippen MR) is 112 cm³/mol. The second-order valence-corrected chi connectivity index (χ2v) is 7.44. The summed E-state index contributed by atoms with van der Waals surface area (Å²) in [5, 5.41) is 4.61. The summed E-state index contributed by atoms with van der Waals surface area (Å²) in [5.41, 5.74) is 2.96. The van der Waals surface area contributed by atoms with E-state index in [1.807, 2.05) is 41.9 Å². The Bertz CT molecular complexity index is 1190. The van der Waals surface area contributed by atoms with E-state index in [2.05, 4.69) is 4.98 Å². The molecule has 0 bridgehead atoms. The van der Waals surface area contributed by atoms with E-state index in [0.717, 1.165) is 5.56 Å². The molecule has 2 heterocycles. The summed E-state index contributed by atoms with van der Waals surface area (Å²) in [5.74, 6) is 0.552. The second kappa shape index (κ2) is 7.40. The van der Waals surface area contributed by atoms with E-state index in [9.17, 15) is 9.59 Å². The Labute approximate surface area is 166 Å². The molecule has 0 spiro atoms. The molecule has 6 heteroatoms. The lowest BCUT2D eigenvalue weighted by atomic mass is 10.1. The first-order valence-corrected chi connectivity index (χ1v) is 9.84. The number of para-hydroxylation sites is 1. The fraction of sp³-hybridized carbons (Fsp3) is 0.136. The zero-order valence-electron chi connectivity index (χ0n) is 15.6. The maximum atomic E-state index is 12.9. The zero-order valence-corrected chi connectivity index (χ0v) is 16.4. The van der Waals surface area contributed by atoms with E-state index < -0.39 is 0 Å². The molecule has 0 unspecified atom stereocenters. The maximum Gasteiger partial charge on any atom is 0.265 e. The summed E-state index contributed by atoms with van der Waals surface area (Å²) < 4.78 is 1.58. The van der Waals surface area contributed by atoms with Crippen LogP contribution in [0.1, 0.15) is 21.7 Å². The summed E-state index contributed by atoms with van der Waals surface area (Å²) in [4.78, 5) is 31.8. The minimum Gasteiger partial charge on any atom is -0.337 e. The number of fused-ring (bicyclic) bond motifs is 1. The lowest BCUT2D eigenvalue weighted by Gasteiger charge is -2.17. The first-order valence-electron chi connectivity index (χ1n) is 8.90. The van der Waals surface area contributed by atoms with Gasteiger partial charge in [-0.15, -0.1) is 0 Å². The highest BCUT2D eigenvalue weighted by Gasteiger charge is 2.14. The number of carbonyl (C=O) groups is 1. The van der Waals surface area contributed by atoms with Crippen molar-refractivity contribution < 1.29 is 4.79 Å². The molecule has 2 aromatic heterocycles. The molecule has 0 aliphatic heterocycles. The molecule has 28 heavy (non-hydrogen) atoms. The molecule has 0 aliphatic rings. The monoisotopic (exact) mass is 389 g/mol. The smallest absolute Gasteiger partial charge is 0.265 e. The molecular formula is C22H19N3O2S. The van der Waals surface area contributed by atoms with Crippen molar-refractivity contribution in [1.82, 2.24) is 14.5 Å². The van der Waals surface area contributed by atoms with Gasteiger partial charge in [-0.2, -0.15) is 11.3 Å². The molecule has 0 aliphatic carbocycles. The van der Waals surface area contributed by atoms with Crippen LogP contribution in [0.2, 0.25) is 0 Å². The van der Waals surface area contributed by atoms with Crippen LogP contribution in [0.4, 0.5) is 0 Å². The number of benzene rings is 2. The maximum absolute atomic E-state index is 12.9. The number of rotatable bonds is 4. The summed E-state index contributed by atoms with van der Waals surface area (Å²) in [6.07, 6.45) is 0. The number of aromatic nitrogens is 2. The van der Waals surface area contributed by atoms with Crippen molar-refractivity contribution in [3.8, 4) is 5.69 Å². The third-order valence-electron chi connectivity index (χ3n) is 4.66. The van der Waals surface area contributed by atoms with Gasteiger partial charge in [0.15, 0.2) is 0 Å². The Kier molecular flexibility index (Phi) is 4.79. The minimum atomic E-state index is -0.114. The highest BCUT2D eigenvalue weighted by Crippen LogP contribution is 2.15. The van der Waals surface area contributed by atoms with Crippen LogP contribution in [0.3, 0.4) is 0 Å². The third-order valence-corrected chi connectivity index (χ3v) is 5.39. The van der Waals surface area contributed by atoms with E-state index >= 15 is 0 Å². The molecule has 0 atom stereocenters. The first kappa shape index (κ1) is 18.1. The van der Waals surface area contributed by atoms with Crippen LogP contribution < -0.4 is 5.56 Å². The molecule has 0 saturated heterocycles. The van der Waals surface area contributed by atoms with Crippen LogP contribution in [0.25, 0.3) is 16.6 Å². The highest BCUT2D eigenvalue weighted by atomic mass is 32.1. The molecule has 2 aromatic carbocycles. The van der Waals surface area contributed by atoms with Gasteiger partial charge in [-0.25, -0.2) is 4.98 Å². The molecule has 140 valence electrons. The van der Waals surface area contributed by atoms with Gasteiger partial charge in [-0.3, -0.25) is 14.2 Å². The van der Waals surface area contributed by atoms with Crippen LogP contribution in [0.5, 0.6) is 0 Å². The highest BCUT2D eigenvalue weighted by molar-refractivity contribution is 7.07. The van der Waals surface area contributed by atoms with Gasteiger partial charge in [-0.05, 0) is 65.7 Å². The minimum absolute atomic E-state index is 0.0570. The van der Waals surface area contributed by atoms with Gasteiger partial charge >= 0.3 is 0 Å². The van der Waals surface area contributed by atoms with E-state index in [1.165, 1.54) is 0 Å². The molecule has 0 radical (unpaired) electrons. The lowest BCUT2D eigenvalue weighted by molar-refractivity contribution is 0.0785. The summed E-state index contributed by atoms with van der Waals surface area (Å²) >= 11 is 1.62. The fourth-order valence-corrected chi connectivity index (χ4v) is 3.91. The van der Waals surface area contributed by atoms with Crippen LogP contribution >= 0.6 is 11.3 Å². The molecule has 5 nitrogen and oxygen atoms in total. The van der Waals surface area contributed by atoms with Crippen molar-refractivity contribution in [1.29, 1.82) is 0 Å². The van der Waals surface area contributed by atoms with Crippen molar-refractivity contribution >= 4 is 28.1 Å². The molecular weight excluding hydrogens is 370 g/mol. The molecule has 1 amide bonds. The number of hydrogen-bond acceptors (Lipinski definition) is 4. The van der Waals surface area contributed by atoms with Crippen LogP contribution in [0.15, 0.2) is 70.2 Å². The van der Waals surface area contributed by atoms with Gasteiger partial charge in [-0.1, -0.05) is 12.1 Å². The summed E-state index contributed by atoms with van der Waals surface area (Å²) in [6.45, 7) is 2.37. The van der Waals surface area contributed by atoms with Gasteiger partial charge in [0.25, 0.3) is 11.5 Å². The van der Waals surface area contributed by atoms with Gasteiger partial charge in [0.05, 0.1) is 16.6 Å². The molecule has 0 N–H and O–H groups in total. The molecule has 0 saturated carbocycles. The predicted octanol–water partition coefficient (Wildman–Crippen LogP) is 4.03. The van der Waals surface area contributed by atoms with Crippen LogP contribution in [0, 0.1) is 6.92 Å². The summed E-state index contributed by atoms with van der Waals surface area (Å²) in [7, 11) is 1.79. The Balaban J connectivity index is 1.64. The number of amides is 1. The van der Waals surface area contributed by atoms with Crippen molar-refractivity contribution in [2.45, 2.75) is 13.5 Å². The number of aryl methyl sites for hydroxylation is 1. The Morgan fingerprint density at radius 2 is 1.86 bits per heavy atom. The van der Waals surface area contributed by atoms with E-state index in [4.69, 9.17) is 0 Å². The SMILES string of the molecule is Cc1nc2ccccc2c(=O)n1-c1ccc(C(=O)N(C)Cc2ccsc2)cc1. The quantitative estimate of drug-likeness (QED) is 0.530. The average molecular weight is 389 g/mol. The number of nitrogens with zero attached hydrogens (tertiary/aromatic N) is 3. The van der Waals surface area contributed by atoms with E-state index in [-0.39, 0.29) is 11.5 Å². The number of thiophene rings is 1. The van der Waals surface area contributed by atoms with Gasteiger partial charge in [0.2, 0.25) is 0 Å².